The Bertz CT molecular complexity index is 900. The van der Waals surface area contributed by atoms with E-state index < -0.39 is 0 Å². The number of pyridine rings is 2. The summed E-state index contributed by atoms with van der Waals surface area (Å²) in [5.41, 5.74) is 4.43. The van der Waals surface area contributed by atoms with Crippen LogP contribution in [-0.2, 0) is 12.0 Å². The number of nitrogens with zero attached hydrogens (tertiary/aromatic N) is 2. The van der Waals surface area contributed by atoms with Gasteiger partial charge >= 0.3 is 0 Å². The fourth-order valence-electron chi connectivity index (χ4n) is 2.62. The van der Waals surface area contributed by atoms with E-state index in [1.807, 2.05) is 36.4 Å². The number of nitrogens with one attached hydrogen (secondary N) is 2. The zero-order valence-corrected chi connectivity index (χ0v) is 15.9. The van der Waals surface area contributed by atoms with Crippen molar-refractivity contribution in [3.05, 3.63) is 83.9 Å². The van der Waals surface area contributed by atoms with Gasteiger partial charge < -0.3 is 10.6 Å². The Hall–Kier alpha value is -3.21. The lowest BCUT2D eigenvalue weighted by molar-refractivity contribution is 0.102. The van der Waals surface area contributed by atoms with E-state index in [4.69, 9.17) is 0 Å². The molecule has 1 aromatic carbocycles. The third-order valence-corrected chi connectivity index (χ3v) is 4.23. The first-order chi connectivity index (χ1) is 12.9. The van der Waals surface area contributed by atoms with Gasteiger partial charge in [0.05, 0.1) is 11.3 Å². The molecule has 1 amide bonds. The van der Waals surface area contributed by atoms with Gasteiger partial charge in [0.25, 0.3) is 5.91 Å². The lowest BCUT2D eigenvalue weighted by atomic mass is 9.87. The van der Waals surface area contributed by atoms with Crippen LogP contribution < -0.4 is 10.6 Å². The van der Waals surface area contributed by atoms with E-state index in [9.17, 15) is 4.79 Å². The van der Waals surface area contributed by atoms with Crippen LogP contribution in [0.2, 0.25) is 0 Å². The van der Waals surface area contributed by atoms with Crippen LogP contribution in [0, 0.1) is 0 Å². The molecular weight excluding hydrogens is 336 g/mol. The maximum atomic E-state index is 12.5. The lowest BCUT2D eigenvalue weighted by Gasteiger charge is -2.19. The second-order valence-electron chi connectivity index (χ2n) is 7.46. The largest absolute Gasteiger partial charge is 0.380 e. The number of hydrogen-bond acceptors (Lipinski definition) is 4. The van der Waals surface area contributed by atoms with Crippen LogP contribution in [0.1, 0.15) is 42.3 Å². The van der Waals surface area contributed by atoms with Crippen LogP contribution in [-0.4, -0.2) is 15.9 Å². The zero-order valence-electron chi connectivity index (χ0n) is 15.9. The molecule has 3 rings (SSSR count). The minimum Gasteiger partial charge on any atom is -0.380 e. The van der Waals surface area contributed by atoms with E-state index in [2.05, 4.69) is 41.4 Å². The van der Waals surface area contributed by atoms with E-state index in [0.717, 1.165) is 16.9 Å². The maximum Gasteiger partial charge on any atom is 0.257 e. The molecule has 0 saturated heterocycles. The number of rotatable bonds is 5. The Labute approximate surface area is 159 Å². The number of benzene rings is 1. The summed E-state index contributed by atoms with van der Waals surface area (Å²) in [4.78, 5) is 20.8. The first kappa shape index (κ1) is 18.6. The number of amides is 1. The molecule has 0 spiro atoms. The predicted octanol–water partition coefficient (Wildman–Crippen LogP) is 4.64. The molecule has 0 saturated carbocycles. The van der Waals surface area contributed by atoms with E-state index in [1.54, 1.807) is 30.9 Å². The van der Waals surface area contributed by atoms with E-state index in [-0.39, 0.29) is 11.3 Å². The molecule has 138 valence electrons. The Kier molecular flexibility index (Phi) is 5.50. The Balaban J connectivity index is 1.64. The van der Waals surface area contributed by atoms with Crippen LogP contribution in [0.25, 0.3) is 0 Å². The Morgan fingerprint density at radius 3 is 2.41 bits per heavy atom. The smallest absolute Gasteiger partial charge is 0.257 e. The van der Waals surface area contributed by atoms with Gasteiger partial charge in [-0.15, -0.1) is 0 Å². The second-order valence-corrected chi connectivity index (χ2v) is 7.46. The van der Waals surface area contributed by atoms with Gasteiger partial charge in [0.2, 0.25) is 0 Å². The molecule has 0 atom stereocenters. The molecule has 27 heavy (non-hydrogen) atoms. The number of carbonyl (C=O) groups excluding carboxylic acids is 1. The van der Waals surface area contributed by atoms with Crippen molar-refractivity contribution in [2.75, 3.05) is 10.6 Å². The predicted molar refractivity (Wildman–Crippen MR) is 109 cm³/mol. The van der Waals surface area contributed by atoms with Gasteiger partial charge in [-0.3, -0.25) is 14.8 Å². The van der Waals surface area contributed by atoms with Crippen molar-refractivity contribution in [3.8, 4) is 0 Å². The number of anilines is 2. The van der Waals surface area contributed by atoms with Gasteiger partial charge in [0.1, 0.15) is 0 Å². The topological polar surface area (TPSA) is 66.9 Å². The van der Waals surface area contributed by atoms with E-state index >= 15 is 0 Å². The minimum atomic E-state index is -0.184. The Morgan fingerprint density at radius 2 is 1.74 bits per heavy atom. The minimum absolute atomic E-state index is 0.0841. The van der Waals surface area contributed by atoms with Gasteiger partial charge in [-0.25, -0.2) is 0 Å². The molecule has 0 unspecified atom stereocenters. The molecule has 2 N–H and O–H groups in total. The van der Waals surface area contributed by atoms with Gasteiger partial charge in [-0.1, -0.05) is 39.0 Å². The average molecular weight is 360 g/mol. The number of hydrogen-bond donors (Lipinski definition) is 2. The molecule has 0 radical (unpaired) electrons. The summed E-state index contributed by atoms with van der Waals surface area (Å²) in [6, 6.07) is 13.6. The van der Waals surface area contributed by atoms with Gasteiger partial charge in [0.15, 0.2) is 0 Å². The monoisotopic (exact) mass is 360 g/mol. The lowest BCUT2D eigenvalue weighted by Crippen LogP contribution is -2.14. The summed E-state index contributed by atoms with van der Waals surface area (Å²) in [5.74, 6) is -0.184. The highest BCUT2D eigenvalue weighted by atomic mass is 16.1. The van der Waals surface area contributed by atoms with E-state index in [1.165, 1.54) is 5.56 Å². The van der Waals surface area contributed by atoms with E-state index in [0.29, 0.717) is 12.1 Å². The van der Waals surface area contributed by atoms with Gasteiger partial charge in [0, 0.05) is 37.0 Å². The first-order valence-electron chi connectivity index (χ1n) is 8.91. The molecule has 0 fully saturated rings. The average Bonchev–Trinajstić information content (AvgIpc) is 2.67. The second kappa shape index (κ2) is 7.99. The molecule has 5 nitrogen and oxygen atoms in total. The summed E-state index contributed by atoms with van der Waals surface area (Å²) in [5, 5.41) is 6.18. The third-order valence-electron chi connectivity index (χ3n) is 4.23. The zero-order chi connectivity index (χ0) is 19.3. The summed E-state index contributed by atoms with van der Waals surface area (Å²) in [7, 11) is 0. The van der Waals surface area contributed by atoms with Crippen molar-refractivity contribution in [1.82, 2.24) is 9.97 Å². The van der Waals surface area contributed by atoms with Crippen molar-refractivity contribution >= 4 is 17.3 Å². The van der Waals surface area contributed by atoms with Crippen LogP contribution in [0.4, 0.5) is 11.4 Å². The highest BCUT2D eigenvalue weighted by Gasteiger charge is 2.13. The molecule has 2 heterocycles. The molecule has 2 aromatic heterocycles. The Morgan fingerprint density at radius 1 is 0.963 bits per heavy atom. The summed E-state index contributed by atoms with van der Waals surface area (Å²) < 4.78 is 0. The highest BCUT2D eigenvalue weighted by Crippen LogP contribution is 2.23. The fourth-order valence-corrected chi connectivity index (χ4v) is 2.62. The quantitative estimate of drug-likeness (QED) is 0.696. The summed E-state index contributed by atoms with van der Waals surface area (Å²) in [6.45, 7) is 7.11. The third kappa shape index (κ3) is 5.14. The van der Waals surface area contributed by atoms with Gasteiger partial charge in [-0.05, 0) is 40.8 Å². The normalized spacial score (nSPS) is 11.1. The molecular formula is C22H24N4O. The molecule has 0 aliphatic carbocycles. The van der Waals surface area contributed by atoms with Crippen LogP contribution in [0.15, 0.2) is 67.3 Å². The van der Waals surface area contributed by atoms with Crippen LogP contribution >= 0.6 is 0 Å². The number of aromatic nitrogens is 2. The van der Waals surface area contributed by atoms with Crippen molar-refractivity contribution < 1.29 is 4.79 Å². The van der Waals surface area contributed by atoms with Crippen molar-refractivity contribution in [3.63, 3.8) is 0 Å². The number of carbonyl (C=O) groups is 1. The maximum absolute atomic E-state index is 12.5. The van der Waals surface area contributed by atoms with Crippen molar-refractivity contribution in [1.29, 1.82) is 0 Å². The molecule has 0 aliphatic heterocycles. The van der Waals surface area contributed by atoms with Crippen LogP contribution in [0.5, 0.6) is 0 Å². The molecule has 0 bridgehead atoms. The molecule has 0 aliphatic rings. The standard InChI is InChI=1S/C22H24N4O/c1-22(2,3)18-6-8-19(9-7-18)26-21(27)17-11-20(15-24-14-17)25-13-16-5-4-10-23-12-16/h4-12,14-15,25H,13H2,1-3H3,(H,26,27). The molecule has 3 aromatic rings. The highest BCUT2D eigenvalue weighted by molar-refractivity contribution is 6.04. The first-order valence-corrected chi connectivity index (χ1v) is 8.91. The van der Waals surface area contributed by atoms with Crippen molar-refractivity contribution in [2.45, 2.75) is 32.7 Å². The summed E-state index contributed by atoms with van der Waals surface area (Å²) in [6.07, 6.45) is 6.81. The van der Waals surface area contributed by atoms with Crippen molar-refractivity contribution in [2.24, 2.45) is 0 Å². The van der Waals surface area contributed by atoms with Gasteiger partial charge in [-0.2, -0.15) is 0 Å². The molecule has 5 heteroatoms. The summed E-state index contributed by atoms with van der Waals surface area (Å²) >= 11 is 0. The van der Waals surface area contributed by atoms with Crippen LogP contribution in [0.3, 0.4) is 0 Å². The SMILES string of the molecule is CC(C)(C)c1ccc(NC(=O)c2cncc(NCc3cccnc3)c2)cc1. The fraction of sp³-hybridized carbons (Fsp3) is 0.227.